The van der Waals surface area contributed by atoms with E-state index in [0.29, 0.717) is 17.7 Å². The number of hydrogen-bond acceptors (Lipinski definition) is 4. The zero-order valence-corrected chi connectivity index (χ0v) is 11.6. The molecule has 1 aromatic heterocycles. The predicted octanol–water partition coefficient (Wildman–Crippen LogP) is 3.00. The first kappa shape index (κ1) is 14.0. The van der Waals surface area contributed by atoms with Gasteiger partial charge in [0, 0.05) is 17.6 Å². The molecule has 0 saturated carbocycles. The molecule has 1 aromatic rings. The number of halogens is 1. The molecule has 0 aliphatic heterocycles. The standard InChI is InChI=1S/C12H20ClN3O/c1-5-12(6-2,8-13)16-11-14-9(3)7-10(15-11)17-4/h7H,5-6,8H2,1-4H3,(H,14,15,16). The summed E-state index contributed by atoms with van der Waals surface area (Å²) in [5.74, 6) is 1.67. The highest BCUT2D eigenvalue weighted by atomic mass is 35.5. The van der Waals surface area contributed by atoms with Crippen molar-refractivity contribution in [2.45, 2.75) is 39.2 Å². The van der Waals surface area contributed by atoms with E-state index in [9.17, 15) is 0 Å². The van der Waals surface area contributed by atoms with Crippen LogP contribution in [0.2, 0.25) is 0 Å². The molecule has 1 N–H and O–H groups in total. The number of anilines is 1. The van der Waals surface area contributed by atoms with Crippen LogP contribution in [0.5, 0.6) is 5.88 Å². The fraction of sp³-hybridized carbons (Fsp3) is 0.667. The molecular weight excluding hydrogens is 238 g/mol. The number of ether oxygens (including phenoxy) is 1. The van der Waals surface area contributed by atoms with Gasteiger partial charge in [-0.25, -0.2) is 4.98 Å². The third kappa shape index (κ3) is 3.46. The molecule has 0 atom stereocenters. The SMILES string of the molecule is CCC(CC)(CCl)Nc1nc(C)cc(OC)n1. The first-order valence-electron chi connectivity index (χ1n) is 5.83. The van der Waals surface area contributed by atoms with E-state index in [1.165, 1.54) is 0 Å². The van der Waals surface area contributed by atoms with Crippen molar-refractivity contribution in [2.24, 2.45) is 0 Å². The lowest BCUT2D eigenvalue weighted by atomic mass is 9.95. The van der Waals surface area contributed by atoms with Crippen LogP contribution in [0.1, 0.15) is 32.4 Å². The van der Waals surface area contributed by atoms with Crippen molar-refractivity contribution in [1.29, 1.82) is 0 Å². The van der Waals surface area contributed by atoms with E-state index in [1.807, 2.05) is 6.92 Å². The molecule has 0 radical (unpaired) electrons. The normalized spacial score (nSPS) is 11.4. The highest BCUT2D eigenvalue weighted by molar-refractivity contribution is 6.18. The molecule has 0 saturated heterocycles. The Hall–Kier alpha value is -1.03. The zero-order valence-electron chi connectivity index (χ0n) is 10.9. The van der Waals surface area contributed by atoms with Crippen LogP contribution >= 0.6 is 11.6 Å². The Balaban J connectivity index is 2.96. The number of alkyl halides is 1. The molecule has 0 fully saturated rings. The monoisotopic (exact) mass is 257 g/mol. The minimum absolute atomic E-state index is 0.152. The van der Waals surface area contributed by atoms with Gasteiger partial charge in [0.15, 0.2) is 0 Å². The van der Waals surface area contributed by atoms with Crippen LogP contribution in [-0.2, 0) is 0 Å². The van der Waals surface area contributed by atoms with Crippen LogP contribution < -0.4 is 10.1 Å². The van der Waals surface area contributed by atoms with E-state index in [-0.39, 0.29) is 5.54 Å². The van der Waals surface area contributed by atoms with E-state index in [1.54, 1.807) is 13.2 Å². The quantitative estimate of drug-likeness (QED) is 0.796. The number of hydrogen-bond donors (Lipinski definition) is 1. The number of rotatable bonds is 6. The maximum absolute atomic E-state index is 6.04. The molecule has 1 rings (SSSR count). The fourth-order valence-electron chi connectivity index (χ4n) is 1.59. The molecule has 1 heterocycles. The van der Waals surface area contributed by atoms with Gasteiger partial charge in [-0.3, -0.25) is 0 Å². The van der Waals surface area contributed by atoms with Gasteiger partial charge in [0.1, 0.15) is 0 Å². The maximum atomic E-state index is 6.04. The molecule has 0 aliphatic carbocycles. The van der Waals surface area contributed by atoms with Crippen molar-refractivity contribution in [3.05, 3.63) is 11.8 Å². The van der Waals surface area contributed by atoms with E-state index in [4.69, 9.17) is 16.3 Å². The van der Waals surface area contributed by atoms with Gasteiger partial charge in [-0.1, -0.05) is 13.8 Å². The Morgan fingerprint density at radius 1 is 1.35 bits per heavy atom. The summed E-state index contributed by atoms with van der Waals surface area (Å²) in [7, 11) is 1.60. The smallest absolute Gasteiger partial charge is 0.226 e. The summed E-state index contributed by atoms with van der Waals surface area (Å²) < 4.78 is 5.13. The van der Waals surface area contributed by atoms with Gasteiger partial charge in [0.05, 0.1) is 12.6 Å². The Morgan fingerprint density at radius 2 is 2.00 bits per heavy atom. The predicted molar refractivity (Wildman–Crippen MR) is 71.0 cm³/mol. The van der Waals surface area contributed by atoms with Crippen LogP contribution in [-0.4, -0.2) is 28.5 Å². The average molecular weight is 258 g/mol. The van der Waals surface area contributed by atoms with Gasteiger partial charge in [0.2, 0.25) is 11.8 Å². The second-order valence-corrected chi connectivity index (χ2v) is 4.39. The summed E-state index contributed by atoms with van der Waals surface area (Å²) >= 11 is 6.04. The fourth-order valence-corrected chi connectivity index (χ4v) is 2.03. The number of aryl methyl sites for hydroxylation is 1. The van der Waals surface area contributed by atoms with Crippen LogP contribution in [0, 0.1) is 6.92 Å². The average Bonchev–Trinajstić information content (AvgIpc) is 2.35. The number of nitrogens with one attached hydrogen (secondary N) is 1. The van der Waals surface area contributed by atoms with Gasteiger partial charge in [-0.05, 0) is 19.8 Å². The Labute approximate surface area is 108 Å². The summed E-state index contributed by atoms with van der Waals surface area (Å²) in [6.45, 7) is 6.12. The minimum atomic E-state index is -0.152. The molecule has 0 bridgehead atoms. The minimum Gasteiger partial charge on any atom is -0.481 e. The maximum Gasteiger partial charge on any atom is 0.226 e. The van der Waals surface area contributed by atoms with E-state index >= 15 is 0 Å². The van der Waals surface area contributed by atoms with Crippen LogP contribution in [0.3, 0.4) is 0 Å². The summed E-state index contributed by atoms with van der Waals surface area (Å²) in [6, 6.07) is 1.80. The van der Waals surface area contributed by atoms with Gasteiger partial charge in [-0.2, -0.15) is 4.98 Å². The van der Waals surface area contributed by atoms with Crippen molar-refractivity contribution < 1.29 is 4.74 Å². The Morgan fingerprint density at radius 3 is 2.47 bits per heavy atom. The summed E-state index contributed by atoms with van der Waals surface area (Å²) in [4.78, 5) is 8.63. The molecule has 0 aliphatic rings. The van der Waals surface area contributed by atoms with Crippen molar-refractivity contribution in [3.63, 3.8) is 0 Å². The summed E-state index contributed by atoms with van der Waals surface area (Å²) in [6.07, 6.45) is 1.85. The van der Waals surface area contributed by atoms with Gasteiger partial charge in [-0.15, -0.1) is 11.6 Å². The number of aromatic nitrogens is 2. The lowest BCUT2D eigenvalue weighted by Crippen LogP contribution is -2.39. The second-order valence-electron chi connectivity index (χ2n) is 4.12. The molecular formula is C12H20ClN3O. The van der Waals surface area contributed by atoms with Gasteiger partial charge < -0.3 is 10.1 Å². The largest absolute Gasteiger partial charge is 0.481 e. The first-order chi connectivity index (χ1) is 8.09. The zero-order chi connectivity index (χ0) is 12.9. The van der Waals surface area contributed by atoms with Crippen molar-refractivity contribution in [2.75, 3.05) is 18.3 Å². The molecule has 4 nitrogen and oxygen atoms in total. The van der Waals surface area contributed by atoms with Crippen LogP contribution in [0.4, 0.5) is 5.95 Å². The molecule has 5 heteroatoms. The Kier molecular flexibility index (Phi) is 5.00. The molecule has 0 aromatic carbocycles. The lowest BCUT2D eigenvalue weighted by Gasteiger charge is -2.30. The number of methoxy groups -OCH3 is 1. The second kappa shape index (κ2) is 6.05. The number of nitrogens with zero attached hydrogens (tertiary/aromatic N) is 2. The highest BCUT2D eigenvalue weighted by Gasteiger charge is 2.25. The highest BCUT2D eigenvalue weighted by Crippen LogP contribution is 2.23. The van der Waals surface area contributed by atoms with Gasteiger partial charge >= 0.3 is 0 Å². The molecule has 0 unspecified atom stereocenters. The van der Waals surface area contributed by atoms with Crippen LogP contribution in [0.25, 0.3) is 0 Å². The lowest BCUT2D eigenvalue weighted by molar-refractivity contribution is 0.395. The first-order valence-corrected chi connectivity index (χ1v) is 6.36. The summed E-state index contributed by atoms with van der Waals surface area (Å²) in [5.41, 5.74) is 0.718. The topological polar surface area (TPSA) is 47.0 Å². The summed E-state index contributed by atoms with van der Waals surface area (Å²) in [5, 5.41) is 3.32. The van der Waals surface area contributed by atoms with E-state index < -0.39 is 0 Å². The van der Waals surface area contributed by atoms with E-state index in [0.717, 1.165) is 18.5 Å². The molecule has 0 spiro atoms. The molecule has 0 amide bonds. The Bertz CT molecular complexity index is 359. The third-order valence-electron chi connectivity index (χ3n) is 3.03. The van der Waals surface area contributed by atoms with E-state index in [2.05, 4.69) is 29.1 Å². The molecule has 17 heavy (non-hydrogen) atoms. The van der Waals surface area contributed by atoms with Gasteiger partial charge in [0.25, 0.3) is 0 Å². The van der Waals surface area contributed by atoms with Crippen molar-refractivity contribution in [3.8, 4) is 5.88 Å². The van der Waals surface area contributed by atoms with Crippen LogP contribution in [0.15, 0.2) is 6.07 Å². The molecule has 96 valence electrons. The van der Waals surface area contributed by atoms with Crippen molar-refractivity contribution >= 4 is 17.5 Å². The van der Waals surface area contributed by atoms with Crippen molar-refractivity contribution in [1.82, 2.24) is 9.97 Å². The third-order valence-corrected chi connectivity index (χ3v) is 3.54.